The fourth-order valence-electron chi connectivity index (χ4n) is 2.14. The summed E-state index contributed by atoms with van der Waals surface area (Å²) in [5.74, 6) is 0.869. The second kappa shape index (κ2) is 5.17. The van der Waals surface area contributed by atoms with E-state index in [1.165, 1.54) is 0 Å². The lowest BCUT2D eigenvalue weighted by atomic mass is 10.1. The van der Waals surface area contributed by atoms with Crippen molar-refractivity contribution in [1.29, 1.82) is 5.26 Å². The highest BCUT2D eigenvalue weighted by atomic mass is 35.5. The van der Waals surface area contributed by atoms with Gasteiger partial charge in [-0.1, -0.05) is 11.6 Å². The summed E-state index contributed by atoms with van der Waals surface area (Å²) in [4.78, 5) is 0. The molecule has 0 heterocycles. The number of ether oxygens (including phenoxy) is 1. The summed E-state index contributed by atoms with van der Waals surface area (Å²) in [6.45, 7) is 3.39. The molecule has 0 amide bonds. The summed E-state index contributed by atoms with van der Waals surface area (Å²) >= 11 is 6.05. The van der Waals surface area contributed by atoms with Gasteiger partial charge in [0.1, 0.15) is 5.75 Å². The van der Waals surface area contributed by atoms with Gasteiger partial charge in [0.25, 0.3) is 0 Å². The van der Waals surface area contributed by atoms with Crippen LogP contribution in [0.5, 0.6) is 5.75 Å². The quantitative estimate of drug-likeness (QED) is 0.889. The minimum absolute atomic E-state index is 0.124. The standard InChI is InChI=1S/C14H17ClN2O/c1-10-5-12(15)6-11(13(10)18-2)7-17-9-14(8-16)3-4-14/h5-6,17H,3-4,7,9H2,1-2H3. The predicted octanol–water partition coefficient (Wildman–Crippen LogP) is 3.05. The fourth-order valence-corrected chi connectivity index (χ4v) is 2.43. The molecule has 2 rings (SSSR count). The molecule has 0 aliphatic heterocycles. The van der Waals surface area contributed by atoms with Crippen molar-refractivity contribution in [2.45, 2.75) is 26.3 Å². The second-order valence-electron chi connectivity index (χ2n) is 4.91. The topological polar surface area (TPSA) is 45.0 Å². The maximum Gasteiger partial charge on any atom is 0.126 e. The van der Waals surface area contributed by atoms with E-state index in [9.17, 15) is 0 Å². The largest absolute Gasteiger partial charge is 0.496 e. The lowest BCUT2D eigenvalue weighted by Crippen LogP contribution is -2.22. The van der Waals surface area contributed by atoms with Gasteiger partial charge in [0.2, 0.25) is 0 Å². The van der Waals surface area contributed by atoms with Crippen LogP contribution in [0.25, 0.3) is 0 Å². The molecule has 0 aromatic heterocycles. The van der Waals surface area contributed by atoms with Crippen molar-refractivity contribution in [2.24, 2.45) is 5.41 Å². The molecule has 18 heavy (non-hydrogen) atoms. The molecule has 1 fully saturated rings. The summed E-state index contributed by atoms with van der Waals surface area (Å²) in [7, 11) is 1.66. The number of nitriles is 1. The van der Waals surface area contributed by atoms with Gasteiger partial charge < -0.3 is 10.1 Å². The van der Waals surface area contributed by atoms with E-state index in [1.807, 2.05) is 19.1 Å². The molecule has 1 N–H and O–H groups in total. The van der Waals surface area contributed by atoms with Gasteiger partial charge in [0.05, 0.1) is 18.6 Å². The summed E-state index contributed by atoms with van der Waals surface area (Å²) in [5, 5.41) is 13.0. The number of nitrogens with one attached hydrogen (secondary N) is 1. The van der Waals surface area contributed by atoms with Crippen LogP contribution in [-0.4, -0.2) is 13.7 Å². The maximum atomic E-state index is 9.01. The first-order valence-corrected chi connectivity index (χ1v) is 6.43. The van der Waals surface area contributed by atoms with Crippen molar-refractivity contribution in [2.75, 3.05) is 13.7 Å². The van der Waals surface area contributed by atoms with Crippen LogP contribution in [0.2, 0.25) is 5.02 Å². The molecule has 4 heteroatoms. The van der Waals surface area contributed by atoms with E-state index in [-0.39, 0.29) is 5.41 Å². The van der Waals surface area contributed by atoms with E-state index in [4.69, 9.17) is 21.6 Å². The number of halogens is 1. The van der Waals surface area contributed by atoms with E-state index < -0.39 is 0 Å². The van der Waals surface area contributed by atoms with E-state index in [1.54, 1.807) is 7.11 Å². The molecule has 0 bridgehead atoms. The SMILES string of the molecule is COc1c(C)cc(Cl)cc1CNCC1(C#N)CC1. The van der Waals surface area contributed by atoms with Gasteiger partial charge in [-0.25, -0.2) is 0 Å². The Labute approximate surface area is 113 Å². The molecular weight excluding hydrogens is 248 g/mol. The van der Waals surface area contributed by atoms with Crippen molar-refractivity contribution >= 4 is 11.6 Å². The molecule has 96 valence electrons. The summed E-state index contributed by atoms with van der Waals surface area (Å²) in [6, 6.07) is 6.17. The average Bonchev–Trinajstić information content (AvgIpc) is 3.09. The van der Waals surface area contributed by atoms with Crippen molar-refractivity contribution in [1.82, 2.24) is 5.32 Å². The highest BCUT2D eigenvalue weighted by Gasteiger charge is 2.42. The molecule has 1 aromatic carbocycles. The lowest BCUT2D eigenvalue weighted by molar-refractivity contribution is 0.403. The minimum atomic E-state index is -0.124. The van der Waals surface area contributed by atoms with Gasteiger partial charge >= 0.3 is 0 Å². The van der Waals surface area contributed by atoms with Crippen molar-refractivity contribution in [3.63, 3.8) is 0 Å². The van der Waals surface area contributed by atoms with Gasteiger partial charge in [-0.2, -0.15) is 5.26 Å². The van der Waals surface area contributed by atoms with Crippen LogP contribution < -0.4 is 10.1 Å². The zero-order valence-electron chi connectivity index (χ0n) is 10.7. The van der Waals surface area contributed by atoms with Crippen molar-refractivity contribution in [3.05, 3.63) is 28.3 Å². The first-order chi connectivity index (χ1) is 8.60. The Kier molecular flexibility index (Phi) is 3.79. The second-order valence-corrected chi connectivity index (χ2v) is 5.35. The Hall–Kier alpha value is -1.24. The molecule has 3 nitrogen and oxygen atoms in total. The maximum absolute atomic E-state index is 9.01. The normalized spacial score (nSPS) is 16.1. The molecule has 1 saturated carbocycles. The van der Waals surface area contributed by atoms with E-state index in [0.717, 1.165) is 36.3 Å². The highest BCUT2D eigenvalue weighted by molar-refractivity contribution is 6.30. The number of methoxy groups -OCH3 is 1. The Morgan fingerprint density at radius 3 is 2.78 bits per heavy atom. The van der Waals surface area contributed by atoms with Gasteiger partial charge in [0.15, 0.2) is 0 Å². The van der Waals surface area contributed by atoms with E-state index in [0.29, 0.717) is 11.6 Å². The van der Waals surface area contributed by atoms with Gasteiger partial charge in [-0.15, -0.1) is 0 Å². The van der Waals surface area contributed by atoms with Crippen LogP contribution in [0, 0.1) is 23.7 Å². The number of nitrogens with zero attached hydrogens (tertiary/aromatic N) is 1. The molecule has 0 saturated heterocycles. The van der Waals surface area contributed by atoms with E-state index in [2.05, 4.69) is 11.4 Å². The van der Waals surface area contributed by atoms with Crippen LogP contribution >= 0.6 is 11.6 Å². The fraction of sp³-hybridized carbons (Fsp3) is 0.500. The van der Waals surface area contributed by atoms with Gasteiger partial charge in [-0.3, -0.25) is 0 Å². The number of benzene rings is 1. The third kappa shape index (κ3) is 2.77. The van der Waals surface area contributed by atoms with E-state index >= 15 is 0 Å². The summed E-state index contributed by atoms with van der Waals surface area (Å²) < 4.78 is 5.39. The first kappa shape index (κ1) is 13.2. The molecule has 0 atom stereocenters. The third-order valence-corrected chi connectivity index (χ3v) is 3.61. The molecule has 1 aliphatic rings. The van der Waals surface area contributed by atoms with Gasteiger partial charge in [0, 0.05) is 23.7 Å². The Morgan fingerprint density at radius 2 is 2.22 bits per heavy atom. The zero-order chi connectivity index (χ0) is 13.2. The Bertz CT molecular complexity index is 489. The molecule has 0 spiro atoms. The van der Waals surface area contributed by atoms with Crippen molar-refractivity contribution < 1.29 is 4.74 Å². The summed E-state index contributed by atoms with van der Waals surface area (Å²) in [6.07, 6.45) is 2.00. The molecular formula is C14H17ClN2O. The monoisotopic (exact) mass is 264 g/mol. The highest BCUT2D eigenvalue weighted by Crippen LogP contribution is 2.44. The number of hydrogen-bond donors (Lipinski definition) is 1. The predicted molar refractivity (Wildman–Crippen MR) is 71.7 cm³/mol. The van der Waals surface area contributed by atoms with Crippen molar-refractivity contribution in [3.8, 4) is 11.8 Å². The lowest BCUT2D eigenvalue weighted by Gasteiger charge is -2.14. The van der Waals surface area contributed by atoms with Crippen LogP contribution in [0.1, 0.15) is 24.0 Å². The van der Waals surface area contributed by atoms with Crippen LogP contribution in [-0.2, 0) is 6.54 Å². The van der Waals surface area contributed by atoms with Crippen LogP contribution in [0.15, 0.2) is 12.1 Å². The molecule has 0 unspecified atom stereocenters. The Morgan fingerprint density at radius 1 is 1.50 bits per heavy atom. The van der Waals surface area contributed by atoms with Crippen LogP contribution in [0.4, 0.5) is 0 Å². The first-order valence-electron chi connectivity index (χ1n) is 6.05. The number of aryl methyl sites for hydroxylation is 1. The van der Waals surface area contributed by atoms with Crippen LogP contribution in [0.3, 0.4) is 0 Å². The molecule has 1 aromatic rings. The molecule has 1 aliphatic carbocycles. The number of rotatable bonds is 5. The zero-order valence-corrected chi connectivity index (χ0v) is 11.5. The molecule has 0 radical (unpaired) electrons. The summed E-state index contributed by atoms with van der Waals surface area (Å²) in [5.41, 5.74) is 1.94. The Balaban J connectivity index is 2.03. The average molecular weight is 265 g/mol. The minimum Gasteiger partial charge on any atom is -0.496 e. The smallest absolute Gasteiger partial charge is 0.126 e. The van der Waals surface area contributed by atoms with Gasteiger partial charge in [-0.05, 0) is 37.5 Å². The number of hydrogen-bond acceptors (Lipinski definition) is 3. The third-order valence-electron chi connectivity index (χ3n) is 3.39.